The Morgan fingerprint density at radius 3 is 2.69 bits per heavy atom. The zero-order chi connectivity index (χ0) is 18.7. The molecule has 0 saturated carbocycles. The quantitative estimate of drug-likeness (QED) is 0.835. The number of carbonyl (C=O) groups is 1. The number of rotatable bonds is 5. The summed E-state index contributed by atoms with van der Waals surface area (Å²) in [5.41, 5.74) is 1.81. The van der Waals surface area contributed by atoms with Crippen molar-refractivity contribution < 1.29 is 17.6 Å². The average Bonchev–Trinajstić information content (AvgIpc) is 3.08. The maximum atomic E-state index is 12.2. The van der Waals surface area contributed by atoms with Gasteiger partial charge in [-0.1, -0.05) is 6.07 Å². The number of furan rings is 1. The van der Waals surface area contributed by atoms with Gasteiger partial charge >= 0.3 is 6.03 Å². The lowest BCUT2D eigenvalue weighted by molar-refractivity contribution is 0.227. The van der Waals surface area contributed by atoms with E-state index in [1.54, 1.807) is 20.1 Å². The molecule has 1 aromatic heterocycles. The summed E-state index contributed by atoms with van der Waals surface area (Å²) in [6, 6.07) is 7.43. The van der Waals surface area contributed by atoms with Gasteiger partial charge in [0.2, 0.25) is 10.0 Å². The van der Waals surface area contributed by atoms with Gasteiger partial charge < -0.3 is 15.1 Å². The second kappa shape index (κ2) is 7.67. The lowest BCUT2D eigenvalue weighted by Gasteiger charge is -2.32. The fraction of sp³-hybridized carbons (Fsp3) is 0.500. The van der Waals surface area contributed by atoms with Gasteiger partial charge in [-0.2, -0.15) is 0 Å². The molecular weight excluding hydrogens is 354 g/mol. The summed E-state index contributed by atoms with van der Waals surface area (Å²) >= 11 is 0. The van der Waals surface area contributed by atoms with Gasteiger partial charge in [-0.25, -0.2) is 17.5 Å². The largest absolute Gasteiger partial charge is 0.464 e. The molecule has 1 aromatic carbocycles. The summed E-state index contributed by atoms with van der Waals surface area (Å²) in [6.45, 7) is 4.70. The van der Waals surface area contributed by atoms with Crippen molar-refractivity contribution in [2.75, 3.05) is 13.1 Å². The zero-order valence-corrected chi connectivity index (χ0v) is 15.9. The highest BCUT2D eigenvalue weighted by atomic mass is 32.2. The molecule has 2 N–H and O–H groups in total. The average molecular weight is 379 g/mol. The predicted octanol–water partition coefficient (Wildman–Crippen LogP) is 2.43. The second-order valence-electron chi connectivity index (χ2n) is 6.89. The number of piperidine rings is 1. The number of hydrogen-bond donors (Lipinski definition) is 2. The van der Waals surface area contributed by atoms with Gasteiger partial charge in [-0.05, 0) is 50.5 Å². The molecule has 0 radical (unpaired) electrons. The van der Waals surface area contributed by atoms with E-state index in [1.165, 1.54) is 4.31 Å². The molecule has 1 aliphatic rings. The van der Waals surface area contributed by atoms with E-state index in [0.29, 0.717) is 32.5 Å². The fourth-order valence-corrected chi connectivity index (χ4v) is 4.41. The van der Waals surface area contributed by atoms with Crippen LogP contribution >= 0.6 is 0 Å². The first kappa shape index (κ1) is 18.7. The number of benzene rings is 1. The highest BCUT2D eigenvalue weighted by Crippen LogP contribution is 2.18. The van der Waals surface area contributed by atoms with Gasteiger partial charge in [0.15, 0.2) is 0 Å². The van der Waals surface area contributed by atoms with Crippen molar-refractivity contribution in [2.24, 2.45) is 0 Å². The predicted molar refractivity (Wildman–Crippen MR) is 100 cm³/mol. The minimum absolute atomic E-state index is 0.00929. The van der Waals surface area contributed by atoms with Gasteiger partial charge in [0, 0.05) is 31.1 Å². The first-order valence-electron chi connectivity index (χ1n) is 8.86. The minimum Gasteiger partial charge on any atom is -0.464 e. The molecule has 2 aromatic rings. The van der Waals surface area contributed by atoms with Gasteiger partial charge in [0.1, 0.15) is 5.58 Å². The van der Waals surface area contributed by atoms with E-state index in [0.717, 1.165) is 16.5 Å². The van der Waals surface area contributed by atoms with Crippen molar-refractivity contribution >= 4 is 27.0 Å². The van der Waals surface area contributed by atoms with Crippen LogP contribution in [0.4, 0.5) is 4.79 Å². The molecule has 0 atom stereocenters. The number of sulfonamides is 1. The Balaban J connectivity index is 1.45. The van der Waals surface area contributed by atoms with Crippen LogP contribution in [0.2, 0.25) is 0 Å². The number of carbonyl (C=O) groups excluding carboxylic acids is 1. The van der Waals surface area contributed by atoms with Crippen molar-refractivity contribution in [3.05, 3.63) is 36.1 Å². The van der Waals surface area contributed by atoms with Crippen LogP contribution in [0.1, 0.15) is 32.3 Å². The third-order valence-corrected chi connectivity index (χ3v) is 6.99. The minimum atomic E-state index is -3.21. The number of amides is 2. The lowest BCUT2D eigenvalue weighted by atomic mass is 10.1. The van der Waals surface area contributed by atoms with Crippen LogP contribution < -0.4 is 10.6 Å². The molecule has 142 valence electrons. The van der Waals surface area contributed by atoms with Crippen molar-refractivity contribution in [1.29, 1.82) is 0 Å². The van der Waals surface area contributed by atoms with Crippen molar-refractivity contribution in [1.82, 2.24) is 14.9 Å². The normalized spacial score (nSPS) is 16.9. The molecule has 8 heteroatoms. The molecule has 0 aliphatic carbocycles. The maximum absolute atomic E-state index is 12.2. The molecule has 3 rings (SSSR count). The summed E-state index contributed by atoms with van der Waals surface area (Å²) in [4.78, 5) is 12.1. The van der Waals surface area contributed by atoms with Crippen LogP contribution in [-0.2, 0) is 16.6 Å². The number of nitrogens with one attached hydrogen (secondary N) is 2. The Kier molecular flexibility index (Phi) is 5.52. The molecule has 0 bridgehead atoms. The van der Waals surface area contributed by atoms with Crippen LogP contribution in [0.25, 0.3) is 11.0 Å². The summed E-state index contributed by atoms with van der Waals surface area (Å²) < 4.78 is 31.2. The van der Waals surface area contributed by atoms with E-state index >= 15 is 0 Å². The van der Waals surface area contributed by atoms with E-state index in [1.807, 2.05) is 24.3 Å². The van der Waals surface area contributed by atoms with Crippen LogP contribution in [0.15, 0.2) is 34.9 Å². The van der Waals surface area contributed by atoms with Crippen LogP contribution in [0, 0.1) is 0 Å². The fourth-order valence-electron chi connectivity index (χ4n) is 3.10. The topological polar surface area (TPSA) is 91.7 Å². The molecule has 0 spiro atoms. The van der Waals surface area contributed by atoms with Crippen molar-refractivity contribution in [3.63, 3.8) is 0 Å². The second-order valence-corrected chi connectivity index (χ2v) is 9.38. The Bertz CT molecular complexity index is 867. The summed E-state index contributed by atoms with van der Waals surface area (Å²) in [5, 5.41) is 6.37. The molecule has 2 amide bonds. The Morgan fingerprint density at radius 1 is 1.27 bits per heavy atom. The van der Waals surface area contributed by atoms with Crippen LogP contribution in [-0.4, -0.2) is 43.1 Å². The third-order valence-electron chi connectivity index (χ3n) is 4.71. The zero-order valence-electron chi connectivity index (χ0n) is 15.1. The molecule has 2 heterocycles. The van der Waals surface area contributed by atoms with Gasteiger partial charge in [-0.15, -0.1) is 0 Å². The van der Waals surface area contributed by atoms with E-state index in [9.17, 15) is 13.2 Å². The van der Waals surface area contributed by atoms with Crippen LogP contribution in [0.5, 0.6) is 0 Å². The Hall–Kier alpha value is -2.06. The Labute approximate surface area is 153 Å². The molecule has 26 heavy (non-hydrogen) atoms. The van der Waals surface area contributed by atoms with Crippen LogP contribution in [0.3, 0.4) is 0 Å². The maximum Gasteiger partial charge on any atom is 0.315 e. The highest BCUT2D eigenvalue weighted by Gasteiger charge is 2.30. The molecule has 1 saturated heterocycles. The summed E-state index contributed by atoms with van der Waals surface area (Å²) in [6.07, 6.45) is 2.89. The van der Waals surface area contributed by atoms with E-state index in [-0.39, 0.29) is 12.1 Å². The number of nitrogens with zero attached hydrogens (tertiary/aromatic N) is 1. The van der Waals surface area contributed by atoms with Gasteiger partial charge in [-0.3, -0.25) is 0 Å². The molecular formula is C18H25N3O4S. The Morgan fingerprint density at radius 2 is 2.00 bits per heavy atom. The van der Waals surface area contributed by atoms with E-state index in [2.05, 4.69) is 10.6 Å². The molecule has 1 aliphatic heterocycles. The highest BCUT2D eigenvalue weighted by molar-refractivity contribution is 7.89. The van der Waals surface area contributed by atoms with Crippen molar-refractivity contribution in [2.45, 2.75) is 44.5 Å². The SMILES string of the molecule is CC(C)S(=O)(=O)N1CCC(NC(=O)NCc2ccc3occc3c2)CC1. The molecule has 1 fully saturated rings. The van der Waals surface area contributed by atoms with E-state index in [4.69, 9.17) is 4.42 Å². The van der Waals surface area contributed by atoms with E-state index < -0.39 is 15.3 Å². The van der Waals surface area contributed by atoms with Gasteiger partial charge in [0.25, 0.3) is 0 Å². The third kappa shape index (κ3) is 4.19. The molecule has 7 nitrogen and oxygen atoms in total. The number of urea groups is 1. The smallest absolute Gasteiger partial charge is 0.315 e. The first-order valence-corrected chi connectivity index (χ1v) is 10.4. The standard InChI is InChI=1S/C18H25N3O4S/c1-13(2)26(23,24)21-8-5-16(6-9-21)20-18(22)19-12-14-3-4-17-15(11-14)7-10-25-17/h3-4,7,10-11,13,16H,5-6,8-9,12H2,1-2H3,(H2,19,20,22). The molecule has 0 unspecified atom stereocenters. The number of fused-ring (bicyclic) bond motifs is 1. The number of hydrogen-bond acceptors (Lipinski definition) is 4. The van der Waals surface area contributed by atoms with Crippen molar-refractivity contribution in [3.8, 4) is 0 Å². The first-order chi connectivity index (χ1) is 12.4. The summed E-state index contributed by atoms with van der Waals surface area (Å²) in [5.74, 6) is 0. The lowest BCUT2D eigenvalue weighted by Crippen LogP contribution is -2.50. The monoisotopic (exact) mass is 379 g/mol. The summed E-state index contributed by atoms with van der Waals surface area (Å²) in [7, 11) is -3.21. The van der Waals surface area contributed by atoms with Gasteiger partial charge in [0.05, 0.1) is 11.5 Å².